The van der Waals surface area contributed by atoms with Gasteiger partial charge in [-0.15, -0.1) is 0 Å². The molecule has 0 radical (unpaired) electrons. The molecule has 7 nitrogen and oxygen atoms in total. The molecule has 0 bridgehead atoms. The smallest absolute Gasteiger partial charge is 0.338 e. The van der Waals surface area contributed by atoms with Gasteiger partial charge in [-0.2, -0.15) is 0 Å². The van der Waals surface area contributed by atoms with Crippen LogP contribution in [0.25, 0.3) is 11.1 Å². The van der Waals surface area contributed by atoms with Crippen LogP contribution in [0.15, 0.2) is 30.3 Å². The predicted octanol–water partition coefficient (Wildman–Crippen LogP) is 4.15. The zero-order valence-corrected chi connectivity index (χ0v) is 17.9. The second-order valence-electron chi connectivity index (χ2n) is 7.46. The Morgan fingerprint density at radius 1 is 1.03 bits per heavy atom. The molecule has 0 saturated heterocycles. The summed E-state index contributed by atoms with van der Waals surface area (Å²) >= 11 is 0. The maximum absolute atomic E-state index is 12.0. The van der Waals surface area contributed by atoms with Crippen molar-refractivity contribution in [3.63, 3.8) is 0 Å². The van der Waals surface area contributed by atoms with Gasteiger partial charge in [-0.25, -0.2) is 4.79 Å². The first-order valence-corrected chi connectivity index (χ1v) is 9.70. The third-order valence-electron chi connectivity index (χ3n) is 4.78. The maximum atomic E-state index is 12.0. The summed E-state index contributed by atoms with van der Waals surface area (Å²) in [6.45, 7) is 5.58. The first kappa shape index (κ1) is 21.5. The summed E-state index contributed by atoms with van der Waals surface area (Å²) in [6, 6.07) is 9.06. The predicted molar refractivity (Wildman–Crippen MR) is 110 cm³/mol. The van der Waals surface area contributed by atoms with E-state index in [0.717, 1.165) is 16.7 Å². The Morgan fingerprint density at radius 3 is 2.43 bits per heavy atom. The van der Waals surface area contributed by atoms with Crippen LogP contribution in [0.3, 0.4) is 0 Å². The van der Waals surface area contributed by atoms with E-state index < -0.39 is 5.60 Å². The van der Waals surface area contributed by atoms with E-state index in [0.29, 0.717) is 22.8 Å². The summed E-state index contributed by atoms with van der Waals surface area (Å²) < 4.78 is 27.8. The number of ether oxygens (including phenoxy) is 5. The summed E-state index contributed by atoms with van der Waals surface area (Å²) in [4.78, 5) is 23.7. The average Bonchev–Trinajstić information content (AvgIpc) is 3.12. The first-order chi connectivity index (χ1) is 14.3. The van der Waals surface area contributed by atoms with Crippen LogP contribution in [0.2, 0.25) is 0 Å². The van der Waals surface area contributed by atoms with Gasteiger partial charge in [0.1, 0.15) is 18.8 Å². The van der Waals surface area contributed by atoms with Crippen LogP contribution in [-0.4, -0.2) is 38.4 Å². The largest absolute Gasteiger partial charge is 0.493 e. The van der Waals surface area contributed by atoms with Crippen molar-refractivity contribution in [1.29, 1.82) is 0 Å². The van der Waals surface area contributed by atoms with Crippen molar-refractivity contribution in [1.82, 2.24) is 0 Å². The summed E-state index contributed by atoms with van der Waals surface area (Å²) in [6.07, 6.45) is 0.279. The van der Waals surface area contributed by atoms with Gasteiger partial charge in [-0.05, 0) is 37.6 Å². The van der Waals surface area contributed by atoms with Gasteiger partial charge in [0.25, 0.3) is 0 Å². The van der Waals surface area contributed by atoms with E-state index in [4.69, 9.17) is 23.7 Å². The topological polar surface area (TPSA) is 80.3 Å². The Kier molecular flexibility index (Phi) is 6.20. The highest BCUT2D eigenvalue weighted by Gasteiger charge is 2.29. The molecule has 0 saturated carbocycles. The van der Waals surface area contributed by atoms with E-state index in [1.807, 2.05) is 12.1 Å². The summed E-state index contributed by atoms with van der Waals surface area (Å²) in [5.74, 6) is 0.695. The van der Waals surface area contributed by atoms with E-state index in [9.17, 15) is 9.59 Å². The third kappa shape index (κ3) is 4.20. The zero-order chi connectivity index (χ0) is 21.9. The number of carbonyl (C=O) groups is 2. The molecular weight excluding hydrogens is 388 g/mol. The van der Waals surface area contributed by atoms with Crippen LogP contribution in [0, 0.1) is 0 Å². The first-order valence-electron chi connectivity index (χ1n) is 9.70. The quantitative estimate of drug-likeness (QED) is 0.600. The molecule has 0 aliphatic carbocycles. The molecule has 0 atom stereocenters. The summed E-state index contributed by atoms with van der Waals surface area (Å²) in [7, 11) is 3.07. The molecule has 1 heterocycles. The second kappa shape index (κ2) is 8.65. The number of esters is 2. The molecule has 2 aromatic carbocycles. The fourth-order valence-corrected chi connectivity index (χ4v) is 3.31. The van der Waals surface area contributed by atoms with Crippen molar-refractivity contribution >= 4 is 11.9 Å². The molecule has 0 fully saturated rings. The molecule has 0 aromatic heterocycles. The zero-order valence-electron chi connectivity index (χ0n) is 17.9. The molecule has 0 amide bonds. The number of methoxy groups -OCH3 is 2. The molecule has 30 heavy (non-hydrogen) atoms. The lowest BCUT2D eigenvalue weighted by Crippen LogP contribution is -2.34. The van der Waals surface area contributed by atoms with Crippen LogP contribution in [-0.2, 0) is 20.9 Å². The Bertz CT molecular complexity index is 962. The minimum Gasteiger partial charge on any atom is -0.493 e. The Balaban J connectivity index is 2.06. The normalized spacial score (nSPS) is 12.8. The molecule has 0 unspecified atom stereocenters. The van der Waals surface area contributed by atoms with Crippen molar-refractivity contribution in [2.24, 2.45) is 0 Å². The Morgan fingerprint density at radius 2 is 1.77 bits per heavy atom. The number of cyclic esters (lactones) is 1. The highest BCUT2D eigenvalue weighted by atomic mass is 16.6. The van der Waals surface area contributed by atoms with Gasteiger partial charge < -0.3 is 23.7 Å². The molecule has 3 rings (SSSR count). The number of hydrogen-bond donors (Lipinski definition) is 0. The third-order valence-corrected chi connectivity index (χ3v) is 4.78. The van der Waals surface area contributed by atoms with Crippen LogP contribution in [0.4, 0.5) is 0 Å². The lowest BCUT2D eigenvalue weighted by atomic mass is 9.95. The van der Waals surface area contributed by atoms with E-state index in [2.05, 4.69) is 0 Å². The highest BCUT2D eigenvalue weighted by Crippen LogP contribution is 2.46. The van der Waals surface area contributed by atoms with E-state index in [1.54, 1.807) is 46.1 Å². The SMILES string of the molecule is CCC(=O)OC(C)(C)COc1c(-c2cccc3c2COC3=O)ccc(OC)c1OC. The number of benzene rings is 2. The Hall–Kier alpha value is -3.22. The van der Waals surface area contributed by atoms with E-state index in [1.165, 1.54) is 7.11 Å². The number of carbonyl (C=O) groups excluding carboxylic acids is 2. The minimum absolute atomic E-state index is 0.0969. The molecule has 1 aliphatic heterocycles. The average molecular weight is 414 g/mol. The van der Waals surface area contributed by atoms with E-state index in [-0.39, 0.29) is 31.6 Å². The molecule has 2 aromatic rings. The fourth-order valence-electron chi connectivity index (χ4n) is 3.31. The lowest BCUT2D eigenvalue weighted by Gasteiger charge is -2.27. The van der Waals surface area contributed by atoms with Gasteiger partial charge in [0.15, 0.2) is 11.5 Å². The van der Waals surface area contributed by atoms with Crippen molar-refractivity contribution in [2.45, 2.75) is 39.4 Å². The standard InChI is InChI=1S/C23H26O7/c1-6-19(24)30-23(2,3)13-29-20-15(10-11-18(26-4)21(20)27-5)14-8-7-9-16-17(14)12-28-22(16)25/h7-11H,6,12-13H2,1-5H3. The molecular formula is C23H26O7. The van der Waals surface area contributed by atoms with Crippen molar-refractivity contribution in [2.75, 3.05) is 20.8 Å². The van der Waals surface area contributed by atoms with Crippen molar-refractivity contribution < 1.29 is 33.3 Å². The summed E-state index contributed by atoms with van der Waals surface area (Å²) in [5, 5.41) is 0. The Labute approximate surface area is 175 Å². The minimum atomic E-state index is -0.851. The molecule has 0 N–H and O–H groups in total. The molecule has 0 spiro atoms. The van der Waals surface area contributed by atoms with Crippen LogP contribution >= 0.6 is 0 Å². The van der Waals surface area contributed by atoms with Crippen molar-refractivity contribution in [3.05, 3.63) is 41.5 Å². The van der Waals surface area contributed by atoms with Gasteiger partial charge in [-0.3, -0.25) is 4.79 Å². The van der Waals surface area contributed by atoms with E-state index >= 15 is 0 Å². The van der Waals surface area contributed by atoms with Crippen LogP contribution < -0.4 is 14.2 Å². The van der Waals surface area contributed by atoms with Gasteiger partial charge in [0, 0.05) is 17.5 Å². The van der Waals surface area contributed by atoms with Crippen LogP contribution in [0.5, 0.6) is 17.2 Å². The van der Waals surface area contributed by atoms with Crippen molar-refractivity contribution in [3.8, 4) is 28.4 Å². The fraction of sp³-hybridized carbons (Fsp3) is 0.391. The molecule has 7 heteroatoms. The van der Waals surface area contributed by atoms with Gasteiger partial charge in [0.05, 0.1) is 19.8 Å². The monoisotopic (exact) mass is 414 g/mol. The lowest BCUT2D eigenvalue weighted by molar-refractivity contribution is -0.158. The molecule has 1 aliphatic rings. The highest BCUT2D eigenvalue weighted by molar-refractivity contribution is 5.96. The maximum Gasteiger partial charge on any atom is 0.338 e. The van der Waals surface area contributed by atoms with Gasteiger partial charge >= 0.3 is 11.9 Å². The van der Waals surface area contributed by atoms with Gasteiger partial charge in [0.2, 0.25) is 5.75 Å². The summed E-state index contributed by atoms with van der Waals surface area (Å²) in [5.41, 5.74) is 2.00. The molecule has 160 valence electrons. The number of rotatable bonds is 8. The number of fused-ring (bicyclic) bond motifs is 1. The van der Waals surface area contributed by atoms with Gasteiger partial charge in [-0.1, -0.05) is 19.1 Å². The van der Waals surface area contributed by atoms with Crippen LogP contribution in [0.1, 0.15) is 43.1 Å². The number of hydrogen-bond acceptors (Lipinski definition) is 7. The second-order valence-corrected chi connectivity index (χ2v) is 7.46.